The van der Waals surface area contributed by atoms with Gasteiger partial charge in [-0.3, -0.25) is 9.38 Å². The quantitative estimate of drug-likeness (QED) is 0.163. The Morgan fingerprint density at radius 3 is 1.77 bits per heavy atom. The molecule has 0 amide bonds. The molecular weight excluding hydrogens is 524 g/mol. The second kappa shape index (κ2) is 9.33. The first kappa shape index (κ1) is 23.8. The lowest BCUT2D eigenvalue weighted by atomic mass is 9.92. The van der Waals surface area contributed by atoms with Gasteiger partial charge in [-0.15, -0.1) is 0 Å². The van der Waals surface area contributed by atoms with Crippen LogP contribution in [0.1, 0.15) is 0 Å². The molecule has 0 bridgehead atoms. The topological polar surface area (TPSA) is 43.1 Å². The van der Waals surface area contributed by atoms with Crippen LogP contribution in [0.2, 0.25) is 0 Å². The third kappa shape index (κ3) is 3.67. The van der Waals surface area contributed by atoms with Gasteiger partial charge in [-0.05, 0) is 40.6 Å². The number of fused-ring (bicyclic) bond motifs is 7. The first-order valence-electron chi connectivity index (χ1n) is 14.5. The molecule has 0 spiro atoms. The van der Waals surface area contributed by atoms with Crippen LogP contribution in [0, 0.1) is 0 Å². The van der Waals surface area contributed by atoms with E-state index in [1.165, 1.54) is 27.1 Å². The van der Waals surface area contributed by atoms with Crippen molar-refractivity contribution in [2.45, 2.75) is 0 Å². The molecule has 0 saturated carbocycles. The third-order valence-electron chi connectivity index (χ3n) is 8.45. The Morgan fingerprint density at radius 2 is 1.09 bits per heavy atom. The van der Waals surface area contributed by atoms with E-state index in [0.29, 0.717) is 0 Å². The maximum absolute atomic E-state index is 5.34. The highest BCUT2D eigenvalue weighted by atomic mass is 15.0. The minimum atomic E-state index is 0.857. The van der Waals surface area contributed by atoms with E-state index in [1.807, 2.05) is 42.6 Å². The Hall–Kier alpha value is -5.87. The van der Waals surface area contributed by atoms with Crippen molar-refractivity contribution in [3.8, 4) is 33.8 Å². The first-order valence-corrected chi connectivity index (χ1v) is 14.5. The van der Waals surface area contributed by atoms with Gasteiger partial charge in [-0.2, -0.15) is 0 Å². The molecule has 4 nitrogen and oxygen atoms in total. The fraction of sp³-hybridized carbons (Fsp3) is 0. The Balaban J connectivity index is 1.31. The average Bonchev–Trinajstić information content (AvgIpc) is 3.47. The number of hydrogen-bond donors (Lipinski definition) is 0. The van der Waals surface area contributed by atoms with E-state index in [9.17, 15) is 0 Å². The van der Waals surface area contributed by atoms with E-state index < -0.39 is 0 Å². The summed E-state index contributed by atoms with van der Waals surface area (Å²) in [6.45, 7) is 0. The fourth-order valence-corrected chi connectivity index (χ4v) is 6.47. The minimum absolute atomic E-state index is 0.857. The highest BCUT2D eigenvalue weighted by molar-refractivity contribution is 6.21. The molecule has 0 atom stereocenters. The Labute approximate surface area is 247 Å². The molecule has 4 heteroatoms. The van der Waals surface area contributed by atoms with Crippen molar-refractivity contribution in [3.05, 3.63) is 146 Å². The van der Waals surface area contributed by atoms with Gasteiger partial charge in [-0.1, -0.05) is 109 Å². The second-order valence-electron chi connectivity index (χ2n) is 10.9. The van der Waals surface area contributed by atoms with E-state index in [0.717, 1.165) is 55.7 Å². The molecule has 9 aromatic rings. The molecule has 0 unspecified atom stereocenters. The van der Waals surface area contributed by atoms with E-state index >= 15 is 0 Å². The van der Waals surface area contributed by atoms with E-state index in [1.54, 1.807) is 0 Å². The molecule has 4 aromatic heterocycles. The molecule has 0 radical (unpaired) electrons. The van der Waals surface area contributed by atoms with Gasteiger partial charge in [0.25, 0.3) is 0 Å². The van der Waals surface area contributed by atoms with Gasteiger partial charge < -0.3 is 0 Å². The maximum Gasteiger partial charge on any atom is 0.138 e. The van der Waals surface area contributed by atoms with Crippen LogP contribution in [0.3, 0.4) is 0 Å². The van der Waals surface area contributed by atoms with Gasteiger partial charge >= 0.3 is 0 Å². The maximum atomic E-state index is 5.34. The first-order chi connectivity index (χ1) is 21.3. The van der Waals surface area contributed by atoms with Crippen LogP contribution in [0.5, 0.6) is 0 Å². The number of hydrogen-bond acceptors (Lipinski definition) is 3. The van der Waals surface area contributed by atoms with Crippen LogP contribution in [-0.4, -0.2) is 19.4 Å². The zero-order chi connectivity index (χ0) is 28.3. The van der Waals surface area contributed by atoms with E-state index in [2.05, 4.69) is 113 Å². The van der Waals surface area contributed by atoms with Crippen molar-refractivity contribution in [1.29, 1.82) is 0 Å². The zero-order valence-electron chi connectivity index (χ0n) is 23.1. The third-order valence-corrected chi connectivity index (χ3v) is 8.45. The highest BCUT2D eigenvalue weighted by Crippen LogP contribution is 2.41. The SMILES string of the molecule is c1ccc(-c2nc3ccccn3c2-c2ccc(-c3c4ccc5ccccc5c4nc4c3ccc3ccccc34)cc2)nc1. The largest absolute Gasteiger partial charge is 0.299 e. The molecule has 200 valence electrons. The van der Waals surface area contributed by atoms with Crippen molar-refractivity contribution in [2.75, 3.05) is 0 Å². The predicted molar refractivity (Wildman–Crippen MR) is 177 cm³/mol. The van der Waals surface area contributed by atoms with Crippen LogP contribution < -0.4 is 0 Å². The lowest BCUT2D eigenvalue weighted by Crippen LogP contribution is -1.93. The van der Waals surface area contributed by atoms with Gasteiger partial charge in [0.2, 0.25) is 0 Å². The number of rotatable bonds is 3. The molecule has 43 heavy (non-hydrogen) atoms. The Bertz CT molecular complexity index is 2400. The number of nitrogens with zero attached hydrogens (tertiary/aromatic N) is 4. The minimum Gasteiger partial charge on any atom is -0.299 e. The van der Waals surface area contributed by atoms with Crippen LogP contribution >= 0.6 is 0 Å². The average molecular weight is 549 g/mol. The summed E-state index contributed by atoms with van der Waals surface area (Å²) in [6.07, 6.45) is 3.89. The van der Waals surface area contributed by atoms with Gasteiger partial charge in [-0.25, -0.2) is 9.97 Å². The smallest absolute Gasteiger partial charge is 0.138 e. The van der Waals surface area contributed by atoms with Crippen molar-refractivity contribution in [3.63, 3.8) is 0 Å². The second-order valence-corrected chi connectivity index (χ2v) is 10.9. The molecule has 4 heterocycles. The van der Waals surface area contributed by atoms with Gasteiger partial charge in [0.15, 0.2) is 0 Å². The molecule has 0 aliphatic carbocycles. The summed E-state index contributed by atoms with van der Waals surface area (Å²) in [6, 6.07) is 46.9. The molecule has 0 aliphatic heterocycles. The summed E-state index contributed by atoms with van der Waals surface area (Å²) < 4.78 is 2.15. The number of benzene rings is 5. The molecule has 0 fully saturated rings. The number of aromatic nitrogens is 4. The summed E-state index contributed by atoms with van der Waals surface area (Å²) in [4.78, 5) is 14.9. The van der Waals surface area contributed by atoms with Gasteiger partial charge in [0.1, 0.15) is 11.3 Å². The lowest BCUT2D eigenvalue weighted by Gasteiger charge is -2.15. The molecule has 5 aromatic carbocycles. The van der Waals surface area contributed by atoms with Gasteiger partial charge in [0, 0.05) is 45.1 Å². The summed E-state index contributed by atoms with van der Waals surface area (Å²) in [7, 11) is 0. The van der Waals surface area contributed by atoms with Crippen molar-refractivity contribution in [1.82, 2.24) is 19.4 Å². The highest BCUT2D eigenvalue weighted by Gasteiger charge is 2.19. The normalized spacial score (nSPS) is 11.7. The zero-order valence-corrected chi connectivity index (χ0v) is 23.1. The van der Waals surface area contributed by atoms with Crippen LogP contribution in [0.4, 0.5) is 0 Å². The van der Waals surface area contributed by atoms with Crippen molar-refractivity contribution < 1.29 is 0 Å². The summed E-state index contributed by atoms with van der Waals surface area (Å²) in [5, 5.41) is 7.02. The molecule has 9 rings (SSSR count). The Kier molecular flexibility index (Phi) is 5.16. The number of imidazole rings is 1. The van der Waals surface area contributed by atoms with Crippen LogP contribution in [-0.2, 0) is 0 Å². The van der Waals surface area contributed by atoms with Crippen LogP contribution in [0.15, 0.2) is 146 Å². The van der Waals surface area contributed by atoms with Gasteiger partial charge in [0.05, 0.1) is 22.4 Å². The standard InChI is InChI=1S/C39H24N4/c1-3-11-29-25(9-1)19-21-31-35(32-22-20-26-10-2-4-12-30(26)37(32)42-36(29)31)27-15-17-28(18-16-27)39-38(33-13-5-7-23-40-33)41-34-14-6-8-24-43(34)39/h1-24H. The fourth-order valence-electron chi connectivity index (χ4n) is 6.47. The van der Waals surface area contributed by atoms with Crippen LogP contribution in [0.25, 0.3) is 82.8 Å². The molecule has 0 saturated heterocycles. The predicted octanol–water partition coefficient (Wildman–Crippen LogP) is 9.74. The summed E-state index contributed by atoms with van der Waals surface area (Å²) >= 11 is 0. The van der Waals surface area contributed by atoms with Crippen molar-refractivity contribution >= 4 is 49.0 Å². The number of pyridine rings is 3. The summed E-state index contributed by atoms with van der Waals surface area (Å²) in [5.41, 5.74) is 9.15. The monoisotopic (exact) mass is 548 g/mol. The molecule has 0 N–H and O–H groups in total. The van der Waals surface area contributed by atoms with E-state index in [4.69, 9.17) is 9.97 Å². The molecular formula is C39H24N4. The molecule has 0 aliphatic rings. The van der Waals surface area contributed by atoms with Crippen molar-refractivity contribution in [2.24, 2.45) is 0 Å². The lowest BCUT2D eigenvalue weighted by molar-refractivity contribution is 1.19. The van der Waals surface area contributed by atoms with E-state index in [-0.39, 0.29) is 0 Å². The summed E-state index contributed by atoms with van der Waals surface area (Å²) in [5.74, 6) is 0. The Morgan fingerprint density at radius 1 is 0.465 bits per heavy atom.